The van der Waals surface area contributed by atoms with Crippen LogP contribution in [0.5, 0.6) is 5.75 Å². The number of rotatable bonds is 8. The van der Waals surface area contributed by atoms with Crippen molar-refractivity contribution in [2.45, 2.75) is 38.0 Å². The molecule has 0 aliphatic carbocycles. The first kappa shape index (κ1) is 26.0. The Morgan fingerprint density at radius 1 is 0.971 bits per heavy atom. The van der Waals surface area contributed by atoms with E-state index in [1.165, 1.54) is 24.8 Å². The van der Waals surface area contributed by atoms with Gasteiger partial charge in [0.15, 0.2) is 0 Å². The molecule has 0 aromatic heterocycles. The minimum Gasteiger partial charge on any atom is -0.497 e. The van der Waals surface area contributed by atoms with Crippen LogP contribution in [0.2, 0.25) is 0 Å². The third-order valence-corrected chi connectivity index (χ3v) is 7.26. The lowest BCUT2D eigenvalue weighted by Crippen LogP contribution is -2.39. The predicted octanol–water partition coefficient (Wildman–Crippen LogP) is 4.73. The number of hydrogen-bond acceptors (Lipinski definition) is 5. The molecule has 0 saturated carbocycles. The molecule has 3 aromatic rings. The van der Waals surface area contributed by atoms with Crippen LogP contribution in [0, 0.1) is 0 Å². The van der Waals surface area contributed by atoms with Crippen molar-refractivity contribution < 1.29 is 17.9 Å². The lowest BCUT2D eigenvalue weighted by atomic mass is 9.86. The molecule has 0 radical (unpaired) electrons. The zero-order valence-corrected chi connectivity index (χ0v) is 21.5. The van der Waals surface area contributed by atoms with Crippen LogP contribution in [0.25, 0.3) is 0 Å². The number of carbonyl (C=O) groups excluding carboxylic acids is 1. The summed E-state index contributed by atoms with van der Waals surface area (Å²) in [4.78, 5) is 12.9. The molecule has 35 heavy (non-hydrogen) atoms. The molecule has 1 amide bonds. The number of benzene rings is 3. The molecule has 0 aliphatic heterocycles. The molecule has 0 spiro atoms. The van der Waals surface area contributed by atoms with Gasteiger partial charge >= 0.3 is 0 Å². The van der Waals surface area contributed by atoms with E-state index in [9.17, 15) is 13.2 Å². The van der Waals surface area contributed by atoms with Gasteiger partial charge in [0.2, 0.25) is 0 Å². The van der Waals surface area contributed by atoms with Crippen molar-refractivity contribution in [3.8, 4) is 5.75 Å². The molecule has 0 heterocycles. The van der Waals surface area contributed by atoms with E-state index >= 15 is 0 Å². The Kier molecular flexibility index (Phi) is 7.96. The van der Waals surface area contributed by atoms with Crippen molar-refractivity contribution in [1.29, 1.82) is 0 Å². The first-order chi connectivity index (χ1) is 16.5. The van der Waals surface area contributed by atoms with Gasteiger partial charge in [-0.15, -0.1) is 0 Å². The maximum Gasteiger partial charge on any atom is 0.264 e. The molecule has 0 saturated heterocycles. The molecule has 184 valence electrons. The maximum absolute atomic E-state index is 13.4. The summed E-state index contributed by atoms with van der Waals surface area (Å²) in [6.07, 6.45) is 0. The standard InChI is InChI=1S/C27H31N3O4S/c1-20(21-14-16-22(17-15-21)27(2,3)4)28-29-26(31)19-30(23-10-9-11-24(18-23)34-5)35(32,33)25-12-7-6-8-13-25/h6-18H,19H2,1-5H3,(H,29,31)/b28-20-. The molecular formula is C27H31N3O4S. The van der Waals surface area contributed by atoms with Crippen LogP contribution in [0.15, 0.2) is 88.9 Å². The highest BCUT2D eigenvalue weighted by molar-refractivity contribution is 7.92. The fourth-order valence-corrected chi connectivity index (χ4v) is 4.82. The number of nitrogens with one attached hydrogen (secondary N) is 1. The van der Waals surface area contributed by atoms with Crippen molar-refractivity contribution in [3.63, 3.8) is 0 Å². The number of ether oxygens (including phenoxy) is 1. The van der Waals surface area contributed by atoms with E-state index in [2.05, 4.69) is 31.3 Å². The van der Waals surface area contributed by atoms with Gasteiger partial charge in [0.05, 0.1) is 23.4 Å². The van der Waals surface area contributed by atoms with Gasteiger partial charge in [0, 0.05) is 6.07 Å². The number of hydrazone groups is 1. The lowest BCUT2D eigenvalue weighted by Gasteiger charge is -2.24. The molecule has 3 rings (SSSR count). The lowest BCUT2D eigenvalue weighted by molar-refractivity contribution is -0.119. The average Bonchev–Trinajstić information content (AvgIpc) is 2.85. The summed E-state index contributed by atoms with van der Waals surface area (Å²) in [7, 11) is -2.52. The van der Waals surface area contributed by atoms with Crippen LogP contribution in [0.3, 0.4) is 0 Å². The van der Waals surface area contributed by atoms with Crippen molar-refractivity contribution in [2.75, 3.05) is 18.0 Å². The van der Waals surface area contributed by atoms with Crippen molar-refractivity contribution in [1.82, 2.24) is 5.43 Å². The second-order valence-electron chi connectivity index (χ2n) is 9.09. The van der Waals surface area contributed by atoms with Crippen molar-refractivity contribution >= 4 is 27.3 Å². The smallest absolute Gasteiger partial charge is 0.264 e. The number of hydrogen-bond donors (Lipinski definition) is 1. The van der Waals surface area contributed by atoms with E-state index < -0.39 is 22.5 Å². The monoisotopic (exact) mass is 493 g/mol. The molecule has 7 nitrogen and oxygen atoms in total. The second-order valence-corrected chi connectivity index (χ2v) is 10.9. The second kappa shape index (κ2) is 10.7. The first-order valence-corrected chi connectivity index (χ1v) is 12.6. The van der Waals surface area contributed by atoms with Crippen LogP contribution < -0.4 is 14.5 Å². The quantitative estimate of drug-likeness (QED) is 0.363. The van der Waals surface area contributed by atoms with Crippen LogP contribution in [0.1, 0.15) is 38.8 Å². The summed E-state index contributed by atoms with van der Waals surface area (Å²) in [5.41, 5.74) is 5.49. The summed E-state index contributed by atoms with van der Waals surface area (Å²) in [5, 5.41) is 4.19. The van der Waals surface area contributed by atoms with Crippen molar-refractivity contribution in [2.24, 2.45) is 5.10 Å². The first-order valence-electron chi connectivity index (χ1n) is 11.2. The van der Waals surface area contributed by atoms with Gasteiger partial charge in [-0.3, -0.25) is 9.10 Å². The third kappa shape index (κ3) is 6.48. The van der Waals surface area contributed by atoms with Crippen LogP contribution in [0.4, 0.5) is 5.69 Å². The molecule has 0 unspecified atom stereocenters. The minimum atomic E-state index is -4.02. The third-order valence-electron chi connectivity index (χ3n) is 5.48. The normalized spacial score (nSPS) is 12.2. The van der Waals surface area contributed by atoms with Gasteiger partial charge in [-0.2, -0.15) is 5.10 Å². The predicted molar refractivity (Wildman–Crippen MR) is 139 cm³/mol. The molecule has 8 heteroatoms. The summed E-state index contributed by atoms with van der Waals surface area (Å²) >= 11 is 0. The van der Waals surface area contributed by atoms with E-state index in [1.807, 2.05) is 24.3 Å². The Morgan fingerprint density at radius 3 is 2.23 bits per heavy atom. The number of nitrogens with zero attached hydrogens (tertiary/aromatic N) is 2. The minimum absolute atomic E-state index is 0.0333. The molecule has 0 atom stereocenters. The van der Waals surface area contributed by atoms with Crippen molar-refractivity contribution in [3.05, 3.63) is 90.0 Å². The molecule has 0 bridgehead atoms. The van der Waals surface area contributed by atoms with Crippen LogP contribution in [-0.2, 0) is 20.2 Å². The fraction of sp³-hybridized carbons (Fsp3) is 0.259. The van der Waals surface area contributed by atoms with E-state index in [0.717, 1.165) is 9.87 Å². The maximum atomic E-state index is 13.4. The number of amides is 1. The molecule has 3 aromatic carbocycles. The topological polar surface area (TPSA) is 88.1 Å². The number of methoxy groups -OCH3 is 1. The zero-order valence-electron chi connectivity index (χ0n) is 20.6. The summed E-state index contributed by atoms with van der Waals surface area (Å²) in [5.74, 6) is -0.0956. The summed E-state index contributed by atoms with van der Waals surface area (Å²) in [6.45, 7) is 7.75. The van der Waals surface area contributed by atoms with Crippen LogP contribution >= 0.6 is 0 Å². The Balaban J connectivity index is 1.84. The highest BCUT2D eigenvalue weighted by Crippen LogP contribution is 2.27. The molecule has 1 N–H and O–H groups in total. The molecule has 0 fully saturated rings. The Bertz CT molecular complexity index is 1300. The number of sulfonamides is 1. The average molecular weight is 494 g/mol. The Hall–Kier alpha value is -3.65. The zero-order chi connectivity index (χ0) is 25.6. The van der Waals surface area contributed by atoms with Gasteiger partial charge in [-0.1, -0.05) is 69.3 Å². The van der Waals surface area contributed by atoms with Gasteiger partial charge in [-0.25, -0.2) is 13.8 Å². The van der Waals surface area contributed by atoms with E-state index in [0.29, 0.717) is 17.1 Å². The highest BCUT2D eigenvalue weighted by Gasteiger charge is 2.27. The summed E-state index contributed by atoms with van der Waals surface area (Å²) < 4.78 is 33.1. The van der Waals surface area contributed by atoms with Gasteiger partial charge in [-0.05, 0) is 47.7 Å². The number of anilines is 1. The molecule has 0 aliphatic rings. The van der Waals surface area contributed by atoms with Gasteiger partial charge in [0.1, 0.15) is 12.3 Å². The largest absolute Gasteiger partial charge is 0.497 e. The fourth-order valence-electron chi connectivity index (χ4n) is 3.39. The van der Waals surface area contributed by atoms with E-state index in [4.69, 9.17) is 4.74 Å². The van der Waals surface area contributed by atoms with Gasteiger partial charge in [0.25, 0.3) is 15.9 Å². The van der Waals surface area contributed by atoms with Crippen LogP contribution in [-0.4, -0.2) is 33.7 Å². The van der Waals surface area contributed by atoms with Gasteiger partial charge < -0.3 is 4.74 Å². The Morgan fingerprint density at radius 2 is 1.63 bits per heavy atom. The molecular weight excluding hydrogens is 462 g/mol. The SMILES string of the molecule is COc1cccc(N(CC(=O)N/N=C(/C)c2ccc(C(C)(C)C)cc2)S(=O)(=O)c2ccccc2)c1. The number of carbonyl (C=O) groups is 1. The Labute approximate surface area is 207 Å². The van der Waals surface area contributed by atoms with E-state index in [-0.39, 0.29) is 10.3 Å². The summed E-state index contributed by atoms with van der Waals surface area (Å²) in [6, 6.07) is 22.5. The highest BCUT2D eigenvalue weighted by atomic mass is 32.2. The van der Waals surface area contributed by atoms with E-state index in [1.54, 1.807) is 49.4 Å².